The van der Waals surface area contributed by atoms with E-state index in [-0.39, 0.29) is 10.5 Å². The number of nitrogens with zero attached hydrogens (tertiary/aromatic N) is 2. The highest BCUT2D eigenvalue weighted by atomic mass is 33.1. The van der Waals surface area contributed by atoms with Crippen LogP contribution < -0.4 is 0 Å². The fraction of sp³-hybridized carbons (Fsp3) is 0.278. The number of hydrogen-bond donors (Lipinski definition) is 0. The Hall–Kier alpha value is -2.78. The third kappa shape index (κ3) is 13.1. The summed E-state index contributed by atoms with van der Waals surface area (Å²) in [6, 6.07) is 40.7. The van der Waals surface area contributed by atoms with Gasteiger partial charge in [-0.2, -0.15) is 0 Å². The summed E-state index contributed by atoms with van der Waals surface area (Å²) < 4.78 is 0. The van der Waals surface area contributed by atoms with E-state index in [1.165, 1.54) is 21.6 Å². The molecule has 0 saturated carbocycles. The first kappa shape index (κ1) is 34.1. The molecule has 0 aliphatic rings. The van der Waals surface area contributed by atoms with Gasteiger partial charge in [0, 0.05) is 59.3 Å². The molecule has 4 nitrogen and oxygen atoms in total. The molecule has 0 aliphatic heterocycles. The van der Waals surface area contributed by atoms with E-state index in [9.17, 15) is 9.59 Å². The highest BCUT2D eigenvalue weighted by Crippen LogP contribution is 2.30. The molecule has 0 unspecified atom stereocenters. The number of amides is 2. The van der Waals surface area contributed by atoms with E-state index in [4.69, 9.17) is 0 Å². The molecule has 0 radical (unpaired) electrons. The SMILES string of the molecule is O=C(SSCCCCCCSSC(=O)N(Cc1ccccc1)Cc1ccccc1)N(Cc1ccccc1)Cc1ccccc1. The standard InChI is InChI=1S/C36H40N2O2S4/c39-35(37(27-31-17-7-3-8-18-31)28-32-19-9-4-10-20-32)43-41-25-15-1-2-16-26-42-44-36(40)38(29-33-21-11-5-12-22-33)30-34-23-13-6-14-24-34/h3-14,17-24H,1-2,15-16,25-30H2. The van der Waals surface area contributed by atoms with Gasteiger partial charge >= 0.3 is 0 Å². The van der Waals surface area contributed by atoms with Crippen LogP contribution >= 0.6 is 43.2 Å². The highest BCUT2D eigenvalue weighted by Gasteiger charge is 2.17. The second-order valence-corrected chi connectivity index (χ2v) is 15.1. The Morgan fingerprint density at radius 1 is 0.409 bits per heavy atom. The summed E-state index contributed by atoms with van der Waals surface area (Å²) in [5.41, 5.74) is 4.56. The quantitative estimate of drug-likeness (QED) is 0.0829. The summed E-state index contributed by atoms with van der Waals surface area (Å²) in [4.78, 5) is 30.1. The molecule has 0 aliphatic carbocycles. The molecule has 0 fully saturated rings. The third-order valence-corrected chi connectivity index (χ3v) is 11.4. The van der Waals surface area contributed by atoms with Crippen LogP contribution in [0.3, 0.4) is 0 Å². The molecule has 8 heteroatoms. The molecule has 0 bridgehead atoms. The number of unbranched alkanes of at least 4 members (excludes halogenated alkanes) is 3. The van der Waals surface area contributed by atoms with E-state index in [1.807, 2.05) is 82.6 Å². The average molecular weight is 661 g/mol. The van der Waals surface area contributed by atoms with Gasteiger partial charge < -0.3 is 9.80 Å². The highest BCUT2D eigenvalue weighted by molar-refractivity contribution is 8.82. The molecule has 0 N–H and O–H groups in total. The summed E-state index contributed by atoms with van der Waals surface area (Å²) in [5.74, 6) is 1.91. The molecule has 0 spiro atoms. The fourth-order valence-electron chi connectivity index (χ4n) is 4.55. The van der Waals surface area contributed by atoms with Gasteiger partial charge in [0.1, 0.15) is 0 Å². The maximum absolute atomic E-state index is 13.1. The Morgan fingerprint density at radius 2 is 0.682 bits per heavy atom. The largest absolute Gasteiger partial charge is 0.324 e. The Morgan fingerprint density at radius 3 is 0.955 bits per heavy atom. The van der Waals surface area contributed by atoms with Crippen LogP contribution in [0, 0.1) is 0 Å². The number of rotatable bonds is 17. The summed E-state index contributed by atoms with van der Waals surface area (Å²) in [7, 11) is 6.02. The minimum absolute atomic E-state index is 0.106. The zero-order chi connectivity index (χ0) is 30.7. The summed E-state index contributed by atoms with van der Waals surface area (Å²) >= 11 is 0. The fourth-order valence-corrected chi connectivity index (χ4v) is 8.48. The lowest BCUT2D eigenvalue weighted by Gasteiger charge is -2.22. The van der Waals surface area contributed by atoms with Gasteiger partial charge in [-0.15, -0.1) is 0 Å². The summed E-state index contributed by atoms with van der Waals surface area (Å²) in [6.45, 7) is 2.43. The summed E-state index contributed by atoms with van der Waals surface area (Å²) in [6.07, 6.45) is 4.43. The van der Waals surface area contributed by atoms with Crippen molar-refractivity contribution in [2.45, 2.75) is 51.9 Å². The zero-order valence-corrected chi connectivity index (χ0v) is 28.2. The molecular formula is C36H40N2O2S4. The van der Waals surface area contributed by atoms with Gasteiger partial charge in [0.15, 0.2) is 0 Å². The maximum atomic E-state index is 13.1. The lowest BCUT2D eigenvalue weighted by Crippen LogP contribution is -2.26. The molecule has 4 aromatic rings. The molecule has 44 heavy (non-hydrogen) atoms. The lowest BCUT2D eigenvalue weighted by molar-refractivity contribution is 0.218. The number of benzene rings is 4. The molecule has 0 aromatic heterocycles. The monoisotopic (exact) mass is 660 g/mol. The van der Waals surface area contributed by atoms with Crippen LogP contribution in [0.25, 0.3) is 0 Å². The van der Waals surface area contributed by atoms with E-state index in [2.05, 4.69) is 48.5 Å². The van der Waals surface area contributed by atoms with Gasteiger partial charge in [-0.3, -0.25) is 9.59 Å². The third-order valence-electron chi connectivity index (χ3n) is 6.85. The molecule has 4 aromatic carbocycles. The molecule has 2 amide bonds. The Bertz CT molecular complexity index is 1170. The van der Waals surface area contributed by atoms with Crippen molar-refractivity contribution in [2.75, 3.05) is 11.5 Å². The van der Waals surface area contributed by atoms with Gasteiger partial charge in [0.25, 0.3) is 10.5 Å². The van der Waals surface area contributed by atoms with Crippen molar-refractivity contribution in [3.8, 4) is 0 Å². The van der Waals surface area contributed by atoms with Crippen molar-refractivity contribution in [3.63, 3.8) is 0 Å². The number of carbonyl (C=O) groups is 2. The van der Waals surface area contributed by atoms with Crippen molar-refractivity contribution in [3.05, 3.63) is 144 Å². The molecule has 230 valence electrons. The smallest absolute Gasteiger partial charge is 0.292 e. The minimum atomic E-state index is 0.106. The first-order valence-corrected chi connectivity index (χ1v) is 19.6. The van der Waals surface area contributed by atoms with E-state index < -0.39 is 0 Å². The van der Waals surface area contributed by atoms with E-state index >= 15 is 0 Å². The Labute approximate surface area is 278 Å². The van der Waals surface area contributed by atoms with Gasteiger partial charge in [-0.05, 0) is 35.1 Å². The van der Waals surface area contributed by atoms with Gasteiger partial charge in [0.05, 0.1) is 0 Å². The predicted octanol–water partition coefficient (Wildman–Crippen LogP) is 11.0. The van der Waals surface area contributed by atoms with Crippen LogP contribution in [0.5, 0.6) is 0 Å². The molecule has 0 heterocycles. The predicted molar refractivity (Wildman–Crippen MR) is 194 cm³/mol. The minimum Gasteiger partial charge on any atom is -0.324 e. The van der Waals surface area contributed by atoms with Crippen LogP contribution in [0.15, 0.2) is 121 Å². The van der Waals surface area contributed by atoms with Crippen molar-refractivity contribution >= 4 is 53.7 Å². The van der Waals surface area contributed by atoms with Crippen LogP contribution in [0.4, 0.5) is 9.59 Å². The van der Waals surface area contributed by atoms with Gasteiger partial charge in [-0.25, -0.2) is 0 Å². The van der Waals surface area contributed by atoms with Crippen molar-refractivity contribution < 1.29 is 9.59 Å². The van der Waals surface area contributed by atoms with E-state index in [0.717, 1.165) is 59.4 Å². The normalized spacial score (nSPS) is 10.8. The van der Waals surface area contributed by atoms with Crippen LogP contribution in [0.1, 0.15) is 47.9 Å². The number of carbonyl (C=O) groups excluding carboxylic acids is 2. The summed E-state index contributed by atoms with van der Waals surface area (Å²) in [5, 5.41) is 0.212. The lowest BCUT2D eigenvalue weighted by atomic mass is 10.2. The molecule has 0 atom stereocenters. The maximum Gasteiger partial charge on any atom is 0.292 e. The molecule has 4 rings (SSSR count). The first-order valence-electron chi connectivity index (χ1n) is 15.0. The van der Waals surface area contributed by atoms with Crippen LogP contribution in [-0.2, 0) is 26.2 Å². The Balaban J connectivity index is 1.10. The molecular weight excluding hydrogens is 621 g/mol. The first-order chi connectivity index (χ1) is 21.7. The second kappa shape index (κ2) is 20.3. The van der Waals surface area contributed by atoms with Gasteiger partial charge in [0.2, 0.25) is 0 Å². The van der Waals surface area contributed by atoms with Gasteiger partial charge in [-0.1, -0.05) is 156 Å². The second-order valence-electron chi connectivity index (χ2n) is 10.4. The van der Waals surface area contributed by atoms with Crippen LogP contribution in [0.2, 0.25) is 0 Å². The van der Waals surface area contributed by atoms with Crippen LogP contribution in [-0.4, -0.2) is 31.8 Å². The average Bonchev–Trinajstić information content (AvgIpc) is 3.06. The molecule has 0 saturated heterocycles. The van der Waals surface area contributed by atoms with E-state index in [0.29, 0.717) is 26.2 Å². The van der Waals surface area contributed by atoms with Crippen molar-refractivity contribution in [1.29, 1.82) is 0 Å². The van der Waals surface area contributed by atoms with Crippen molar-refractivity contribution in [1.82, 2.24) is 9.80 Å². The van der Waals surface area contributed by atoms with Crippen molar-refractivity contribution in [2.24, 2.45) is 0 Å². The zero-order valence-electron chi connectivity index (χ0n) is 25.0. The van der Waals surface area contributed by atoms with E-state index in [1.54, 1.807) is 21.6 Å². The number of hydrogen-bond acceptors (Lipinski definition) is 6. The Kier molecular flexibility index (Phi) is 15.7. The topological polar surface area (TPSA) is 40.6 Å².